The molecule has 170 valence electrons. The number of hydrogen-bond donors (Lipinski definition) is 4. The molecule has 0 aliphatic carbocycles. The average molecular weight is 519 g/mol. The number of rotatable bonds is 8. The largest absolute Gasteiger partial charge is 0.477 e. The molecule has 16 heteroatoms. The number of aliphatic carboxylic acids is 1. The van der Waals surface area contributed by atoms with Crippen molar-refractivity contribution in [1.29, 1.82) is 0 Å². The zero-order valence-electron chi connectivity index (χ0n) is 16.1. The van der Waals surface area contributed by atoms with Crippen LogP contribution in [-0.4, -0.2) is 74.2 Å². The number of thiazole rings is 1. The van der Waals surface area contributed by atoms with Crippen LogP contribution in [0.2, 0.25) is 4.34 Å². The van der Waals surface area contributed by atoms with Gasteiger partial charge in [0.2, 0.25) is 0 Å². The molecule has 0 spiro atoms. The molecule has 2 aliphatic rings. The first-order valence-electron chi connectivity index (χ1n) is 8.54. The number of hydrogen-bond acceptors (Lipinski definition) is 12. The van der Waals surface area contributed by atoms with Gasteiger partial charge in [-0.25, -0.2) is 9.78 Å². The maximum atomic E-state index is 12.7. The summed E-state index contributed by atoms with van der Waals surface area (Å²) in [7, 11) is 1.39. The van der Waals surface area contributed by atoms with Crippen molar-refractivity contribution >= 4 is 81.3 Å². The Labute approximate surface area is 198 Å². The standard InChI is InChI=1S/C16H15ClN6O6S3/c1-29-19-3-2-4-30-6-5-31-14-9(13(25)23(14)10(6)15(26)27)20-12(24)8(22-28)7-11(17)32-16(18)21-7/h2-4,9,14,28H,5H2,1H3,(H2,18,21)(H,20,24)(H,26,27)/b4-2-,19-3+,22-8-/t9?,14-/m1/s1. The molecule has 0 radical (unpaired) electrons. The normalized spacial score (nSPS) is 21.1. The quantitative estimate of drug-likeness (QED) is 0.168. The summed E-state index contributed by atoms with van der Waals surface area (Å²) < 4.78 is 0.0421. The predicted octanol–water partition coefficient (Wildman–Crippen LogP) is 1.13. The van der Waals surface area contributed by atoms with Crippen molar-refractivity contribution in [2.75, 3.05) is 18.6 Å². The lowest BCUT2D eigenvalue weighted by atomic mass is 10.0. The van der Waals surface area contributed by atoms with E-state index in [2.05, 4.69) is 25.4 Å². The summed E-state index contributed by atoms with van der Waals surface area (Å²) in [5.41, 5.74) is 4.75. The van der Waals surface area contributed by atoms with Crippen molar-refractivity contribution in [2.45, 2.75) is 11.4 Å². The molecule has 1 saturated heterocycles. The Hall–Kier alpha value is -2.75. The monoisotopic (exact) mass is 518 g/mol. The molecule has 0 saturated carbocycles. The number of oxime groups is 2. The molecule has 5 N–H and O–H groups in total. The second kappa shape index (κ2) is 10.2. The number of nitrogens with two attached hydrogens (primary N) is 1. The highest BCUT2D eigenvalue weighted by atomic mass is 35.5. The molecule has 1 aromatic heterocycles. The lowest BCUT2D eigenvalue weighted by Gasteiger charge is -2.49. The first-order valence-corrected chi connectivity index (χ1v) is 11.7. The molecular weight excluding hydrogens is 504 g/mol. The van der Waals surface area contributed by atoms with Crippen LogP contribution in [0.25, 0.3) is 0 Å². The molecule has 0 aromatic carbocycles. The number of aromatic nitrogens is 1. The fourth-order valence-electron chi connectivity index (χ4n) is 2.81. The van der Waals surface area contributed by atoms with Gasteiger partial charge in [0.15, 0.2) is 10.8 Å². The minimum atomic E-state index is -1.27. The molecule has 32 heavy (non-hydrogen) atoms. The van der Waals surface area contributed by atoms with Gasteiger partial charge in [0.25, 0.3) is 11.8 Å². The Kier molecular flexibility index (Phi) is 7.65. The number of β-lactam (4-membered cyclic amide) rings is 1. The van der Waals surface area contributed by atoms with Crippen molar-refractivity contribution in [2.24, 2.45) is 10.3 Å². The lowest BCUT2D eigenvalue weighted by molar-refractivity contribution is -0.150. The van der Waals surface area contributed by atoms with Crippen LogP contribution in [0.4, 0.5) is 5.13 Å². The van der Waals surface area contributed by atoms with Crippen molar-refractivity contribution in [3.8, 4) is 0 Å². The number of fused-ring (bicyclic) bond motifs is 1. The first-order chi connectivity index (χ1) is 15.3. The molecule has 1 aromatic rings. The maximum absolute atomic E-state index is 12.7. The Morgan fingerprint density at radius 3 is 2.84 bits per heavy atom. The average Bonchev–Trinajstić information content (AvgIpc) is 3.09. The highest BCUT2D eigenvalue weighted by molar-refractivity contribution is 8.08. The van der Waals surface area contributed by atoms with E-state index in [0.717, 1.165) is 28.0 Å². The van der Waals surface area contributed by atoms with Crippen molar-refractivity contribution < 1.29 is 29.5 Å². The summed E-state index contributed by atoms with van der Waals surface area (Å²) in [4.78, 5) is 47.1. The number of carbonyl (C=O) groups excluding carboxylic acids is 2. The van der Waals surface area contributed by atoms with Crippen LogP contribution in [0, 0.1) is 0 Å². The summed E-state index contributed by atoms with van der Waals surface area (Å²) in [5.74, 6) is -2.48. The van der Waals surface area contributed by atoms with E-state index in [1.165, 1.54) is 25.1 Å². The Morgan fingerprint density at radius 2 is 2.25 bits per heavy atom. The number of carboxylic acids is 1. The van der Waals surface area contributed by atoms with Crippen LogP contribution >= 0.6 is 46.5 Å². The number of nitrogens with one attached hydrogen (secondary N) is 1. The fourth-order valence-corrected chi connectivity index (χ4v) is 6.02. The number of thioether (sulfide) groups is 2. The van der Waals surface area contributed by atoms with Gasteiger partial charge in [-0.3, -0.25) is 14.5 Å². The van der Waals surface area contributed by atoms with Crippen molar-refractivity contribution in [1.82, 2.24) is 15.2 Å². The van der Waals surface area contributed by atoms with Gasteiger partial charge in [0.1, 0.15) is 34.3 Å². The van der Waals surface area contributed by atoms with Gasteiger partial charge in [-0.2, -0.15) is 0 Å². The third-order valence-electron chi connectivity index (χ3n) is 4.11. The molecular formula is C16H15ClN6O6S3. The third-order valence-corrected chi connectivity index (χ3v) is 7.57. The highest BCUT2D eigenvalue weighted by Gasteiger charge is 2.54. The fraction of sp³-hybridized carbons (Fsp3) is 0.250. The van der Waals surface area contributed by atoms with Crippen LogP contribution in [-0.2, 0) is 19.2 Å². The molecule has 3 heterocycles. The van der Waals surface area contributed by atoms with Crippen LogP contribution in [0.5, 0.6) is 0 Å². The van der Waals surface area contributed by atoms with Gasteiger partial charge in [-0.05, 0) is 11.5 Å². The molecule has 3 rings (SSSR count). The zero-order valence-corrected chi connectivity index (χ0v) is 19.3. The van der Waals surface area contributed by atoms with E-state index < -0.39 is 34.9 Å². The number of nitrogen functional groups attached to an aromatic ring is 1. The van der Waals surface area contributed by atoms with Gasteiger partial charge in [-0.1, -0.05) is 45.0 Å². The number of allylic oxidation sites excluding steroid dienone is 1. The van der Waals surface area contributed by atoms with Crippen LogP contribution < -0.4 is 11.1 Å². The minimum absolute atomic E-state index is 0.0421. The first kappa shape index (κ1) is 23.9. The topological polar surface area (TPSA) is 180 Å². The maximum Gasteiger partial charge on any atom is 0.353 e. The summed E-state index contributed by atoms with van der Waals surface area (Å²) in [6.45, 7) is 0. The van der Waals surface area contributed by atoms with Gasteiger partial charge in [0, 0.05) is 10.7 Å². The Morgan fingerprint density at radius 1 is 1.50 bits per heavy atom. The van der Waals surface area contributed by atoms with Crippen LogP contribution in [0.1, 0.15) is 5.69 Å². The highest BCUT2D eigenvalue weighted by Crippen LogP contribution is 2.43. The number of amides is 2. The molecule has 0 bridgehead atoms. The van der Waals surface area contributed by atoms with Gasteiger partial charge in [-0.15, -0.1) is 11.8 Å². The second-order valence-electron chi connectivity index (χ2n) is 5.94. The second-order valence-corrected chi connectivity index (χ2v) is 9.68. The van der Waals surface area contributed by atoms with Gasteiger partial charge < -0.3 is 26.2 Å². The summed E-state index contributed by atoms with van der Waals surface area (Å²) in [5, 5.41) is 28.8. The zero-order chi connectivity index (χ0) is 23.4. The van der Waals surface area contributed by atoms with E-state index in [9.17, 15) is 24.7 Å². The third kappa shape index (κ3) is 4.69. The van der Waals surface area contributed by atoms with E-state index in [1.54, 1.807) is 11.5 Å². The van der Waals surface area contributed by atoms with E-state index in [1.807, 2.05) is 0 Å². The number of carboxylic acid groups (broad SMARTS) is 1. The molecule has 1 unspecified atom stereocenters. The number of anilines is 1. The lowest BCUT2D eigenvalue weighted by Crippen LogP contribution is -2.71. The summed E-state index contributed by atoms with van der Waals surface area (Å²) in [6, 6.07) is -1.02. The van der Waals surface area contributed by atoms with Crippen LogP contribution in [0.15, 0.2) is 32.4 Å². The Balaban J connectivity index is 1.75. The van der Waals surface area contributed by atoms with E-state index >= 15 is 0 Å². The van der Waals surface area contributed by atoms with Crippen LogP contribution in [0.3, 0.4) is 0 Å². The summed E-state index contributed by atoms with van der Waals surface area (Å²) in [6.07, 6.45) is 2.94. The van der Waals surface area contributed by atoms with Crippen molar-refractivity contribution in [3.63, 3.8) is 0 Å². The van der Waals surface area contributed by atoms with E-state index in [0.29, 0.717) is 10.7 Å². The molecule has 1 fully saturated rings. The molecule has 2 aliphatic heterocycles. The smallest absolute Gasteiger partial charge is 0.353 e. The predicted molar refractivity (Wildman–Crippen MR) is 122 cm³/mol. The minimum Gasteiger partial charge on any atom is -0.477 e. The number of halogens is 1. The molecule has 2 atom stereocenters. The SMILES string of the molecule is CO/N=C/C=C\SC1=C(C(=O)O)N2C(=O)C(NC(=O)/C(=N\O)c3nc(N)sc3Cl)[C@H]2SC1. The molecule has 2 amide bonds. The van der Waals surface area contributed by atoms with Gasteiger partial charge in [0.05, 0.1) is 6.21 Å². The van der Waals surface area contributed by atoms with Gasteiger partial charge >= 0.3 is 5.97 Å². The number of nitrogens with zero attached hydrogens (tertiary/aromatic N) is 4. The number of carbonyl (C=O) groups is 3. The summed E-state index contributed by atoms with van der Waals surface area (Å²) >= 11 is 9.26. The van der Waals surface area contributed by atoms with E-state index in [-0.39, 0.29) is 20.9 Å². The van der Waals surface area contributed by atoms with E-state index in [4.69, 9.17) is 17.3 Å². The van der Waals surface area contributed by atoms with Crippen molar-refractivity contribution in [3.05, 3.63) is 32.1 Å². The molecule has 12 nitrogen and oxygen atoms in total. The Bertz CT molecular complexity index is 1070.